The molecule has 118 valence electrons. The second-order valence-electron chi connectivity index (χ2n) is 6.63. The van der Waals surface area contributed by atoms with Crippen molar-refractivity contribution in [2.75, 3.05) is 13.1 Å². The minimum absolute atomic E-state index is 0.253. The van der Waals surface area contributed by atoms with Crippen molar-refractivity contribution in [2.24, 2.45) is 11.8 Å². The predicted molar refractivity (Wildman–Crippen MR) is 82.0 cm³/mol. The molecule has 1 aliphatic heterocycles. The van der Waals surface area contributed by atoms with Gasteiger partial charge < -0.3 is 5.11 Å². The highest BCUT2D eigenvalue weighted by atomic mass is 16.4. The molecule has 1 fully saturated rings. The van der Waals surface area contributed by atoms with Crippen LogP contribution in [0.2, 0.25) is 0 Å². The standard InChI is InChI=1S/C16H27N3O2/c1-12(2)19-10-14(8-17-19)9-18-6-4-5-15(11-18)13(3)7-16(20)21/h8,10,12-13,15H,4-7,9,11H2,1-3H3,(H,20,21). The van der Waals surface area contributed by atoms with Gasteiger partial charge in [-0.25, -0.2) is 0 Å². The summed E-state index contributed by atoms with van der Waals surface area (Å²) in [7, 11) is 0. The largest absolute Gasteiger partial charge is 0.481 e. The average Bonchev–Trinajstić information content (AvgIpc) is 2.87. The molecular formula is C16H27N3O2. The number of aliphatic carboxylic acids is 1. The molecule has 1 aliphatic rings. The first kappa shape index (κ1) is 16.0. The fraction of sp³-hybridized carbons (Fsp3) is 0.750. The van der Waals surface area contributed by atoms with Crippen LogP contribution >= 0.6 is 0 Å². The van der Waals surface area contributed by atoms with Crippen LogP contribution in [0, 0.1) is 11.8 Å². The molecule has 2 atom stereocenters. The van der Waals surface area contributed by atoms with Crippen molar-refractivity contribution in [1.82, 2.24) is 14.7 Å². The summed E-state index contributed by atoms with van der Waals surface area (Å²) in [6.45, 7) is 9.34. The molecule has 1 N–H and O–H groups in total. The molecule has 1 aromatic rings. The van der Waals surface area contributed by atoms with E-state index in [2.05, 4.69) is 37.0 Å². The van der Waals surface area contributed by atoms with Gasteiger partial charge in [-0.15, -0.1) is 0 Å². The molecule has 0 aromatic carbocycles. The number of aromatic nitrogens is 2. The first-order chi connectivity index (χ1) is 9.95. The van der Waals surface area contributed by atoms with Crippen LogP contribution in [0.4, 0.5) is 0 Å². The first-order valence-corrected chi connectivity index (χ1v) is 7.93. The topological polar surface area (TPSA) is 58.4 Å². The van der Waals surface area contributed by atoms with Gasteiger partial charge in [0.05, 0.1) is 6.20 Å². The van der Waals surface area contributed by atoms with E-state index < -0.39 is 5.97 Å². The van der Waals surface area contributed by atoms with Crippen molar-refractivity contribution in [2.45, 2.75) is 52.6 Å². The van der Waals surface area contributed by atoms with Gasteiger partial charge in [-0.1, -0.05) is 6.92 Å². The zero-order valence-electron chi connectivity index (χ0n) is 13.3. The minimum Gasteiger partial charge on any atom is -0.481 e. The Morgan fingerprint density at radius 1 is 1.48 bits per heavy atom. The molecular weight excluding hydrogens is 266 g/mol. The molecule has 2 unspecified atom stereocenters. The minimum atomic E-state index is -0.683. The summed E-state index contributed by atoms with van der Waals surface area (Å²) in [6, 6.07) is 0.392. The van der Waals surface area contributed by atoms with E-state index in [0.29, 0.717) is 12.0 Å². The highest BCUT2D eigenvalue weighted by Gasteiger charge is 2.26. The van der Waals surface area contributed by atoms with Crippen LogP contribution in [-0.2, 0) is 11.3 Å². The summed E-state index contributed by atoms with van der Waals surface area (Å²) in [4.78, 5) is 13.3. The Morgan fingerprint density at radius 3 is 2.86 bits per heavy atom. The molecule has 2 rings (SSSR count). The van der Waals surface area contributed by atoms with Gasteiger partial charge in [-0.3, -0.25) is 14.4 Å². The number of likely N-dealkylation sites (tertiary alicyclic amines) is 1. The van der Waals surface area contributed by atoms with Gasteiger partial charge in [0.1, 0.15) is 0 Å². The Balaban J connectivity index is 1.89. The van der Waals surface area contributed by atoms with Crippen molar-refractivity contribution in [3.05, 3.63) is 18.0 Å². The fourth-order valence-electron chi connectivity index (χ4n) is 3.14. The first-order valence-electron chi connectivity index (χ1n) is 7.93. The Morgan fingerprint density at radius 2 is 2.24 bits per heavy atom. The maximum atomic E-state index is 10.9. The predicted octanol–water partition coefficient (Wildman–Crippen LogP) is 2.79. The zero-order valence-corrected chi connectivity index (χ0v) is 13.3. The molecule has 0 saturated carbocycles. The third-order valence-corrected chi connectivity index (χ3v) is 4.43. The molecule has 21 heavy (non-hydrogen) atoms. The summed E-state index contributed by atoms with van der Waals surface area (Å²) in [5.74, 6) is 0.0662. The van der Waals surface area contributed by atoms with Gasteiger partial charge in [-0.05, 0) is 45.1 Å². The quantitative estimate of drug-likeness (QED) is 0.876. The number of nitrogens with zero attached hydrogens (tertiary/aromatic N) is 3. The maximum Gasteiger partial charge on any atom is 0.303 e. The lowest BCUT2D eigenvalue weighted by molar-refractivity contribution is -0.138. The van der Waals surface area contributed by atoms with Crippen LogP contribution in [0.3, 0.4) is 0 Å². The monoisotopic (exact) mass is 293 g/mol. The Kier molecular flexibility index (Phi) is 5.39. The average molecular weight is 293 g/mol. The highest BCUT2D eigenvalue weighted by Crippen LogP contribution is 2.27. The van der Waals surface area contributed by atoms with E-state index in [4.69, 9.17) is 5.11 Å². The Bertz CT molecular complexity index is 470. The maximum absolute atomic E-state index is 10.9. The van der Waals surface area contributed by atoms with Crippen molar-refractivity contribution in [3.8, 4) is 0 Å². The van der Waals surface area contributed by atoms with Crippen LogP contribution in [0.1, 0.15) is 51.6 Å². The molecule has 1 aromatic heterocycles. The molecule has 2 heterocycles. The number of carboxylic acid groups (broad SMARTS) is 1. The highest BCUT2D eigenvalue weighted by molar-refractivity contribution is 5.67. The molecule has 0 bridgehead atoms. The summed E-state index contributed by atoms with van der Waals surface area (Å²) in [5, 5.41) is 13.3. The summed E-state index contributed by atoms with van der Waals surface area (Å²) >= 11 is 0. The van der Waals surface area contributed by atoms with Gasteiger partial charge >= 0.3 is 5.97 Å². The second-order valence-corrected chi connectivity index (χ2v) is 6.63. The molecule has 0 amide bonds. The van der Waals surface area contributed by atoms with Crippen LogP contribution in [-0.4, -0.2) is 38.8 Å². The van der Waals surface area contributed by atoms with E-state index >= 15 is 0 Å². The lowest BCUT2D eigenvalue weighted by Crippen LogP contribution is -2.37. The van der Waals surface area contributed by atoms with E-state index in [1.54, 1.807) is 0 Å². The molecule has 0 aliphatic carbocycles. The Labute approximate surface area is 126 Å². The summed E-state index contributed by atoms with van der Waals surface area (Å²) < 4.78 is 1.99. The third kappa shape index (κ3) is 4.56. The number of carboxylic acids is 1. The Hall–Kier alpha value is -1.36. The van der Waals surface area contributed by atoms with E-state index in [1.807, 2.05) is 10.9 Å². The summed E-state index contributed by atoms with van der Waals surface area (Å²) in [6.07, 6.45) is 6.66. The number of rotatable bonds is 6. The lowest BCUT2D eigenvalue weighted by atomic mass is 9.84. The van der Waals surface area contributed by atoms with Crippen LogP contribution in [0.5, 0.6) is 0 Å². The van der Waals surface area contributed by atoms with Crippen LogP contribution in [0.15, 0.2) is 12.4 Å². The van der Waals surface area contributed by atoms with Crippen molar-refractivity contribution in [3.63, 3.8) is 0 Å². The van der Waals surface area contributed by atoms with E-state index in [9.17, 15) is 4.79 Å². The van der Waals surface area contributed by atoms with Crippen LogP contribution in [0.25, 0.3) is 0 Å². The van der Waals surface area contributed by atoms with Gasteiger partial charge in [0, 0.05) is 37.3 Å². The number of carbonyl (C=O) groups is 1. The number of hydrogen-bond donors (Lipinski definition) is 1. The SMILES string of the molecule is CC(CC(=O)O)C1CCCN(Cc2cnn(C(C)C)c2)C1. The second kappa shape index (κ2) is 7.07. The zero-order chi connectivity index (χ0) is 15.4. The number of piperidine rings is 1. The van der Waals surface area contributed by atoms with Gasteiger partial charge in [0.2, 0.25) is 0 Å². The van der Waals surface area contributed by atoms with Gasteiger partial charge in [0.15, 0.2) is 0 Å². The van der Waals surface area contributed by atoms with E-state index in [1.165, 1.54) is 5.56 Å². The molecule has 1 saturated heterocycles. The third-order valence-electron chi connectivity index (χ3n) is 4.43. The fourth-order valence-corrected chi connectivity index (χ4v) is 3.14. The normalized spacial score (nSPS) is 21.6. The lowest BCUT2D eigenvalue weighted by Gasteiger charge is -2.35. The molecule has 5 heteroatoms. The smallest absolute Gasteiger partial charge is 0.303 e. The van der Waals surface area contributed by atoms with Gasteiger partial charge in [0.25, 0.3) is 0 Å². The van der Waals surface area contributed by atoms with Gasteiger partial charge in [-0.2, -0.15) is 5.10 Å². The van der Waals surface area contributed by atoms with Crippen molar-refractivity contribution in [1.29, 1.82) is 0 Å². The summed E-state index contributed by atoms with van der Waals surface area (Å²) in [5.41, 5.74) is 1.25. The molecule has 0 spiro atoms. The van der Waals surface area contributed by atoms with E-state index in [0.717, 1.165) is 32.5 Å². The van der Waals surface area contributed by atoms with Crippen molar-refractivity contribution >= 4 is 5.97 Å². The number of hydrogen-bond acceptors (Lipinski definition) is 3. The van der Waals surface area contributed by atoms with E-state index in [-0.39, 0.29) is 12.3 Å². The molecule has 5 nitrogen and oxygen atoms in total. The van der Waals surface area contributed by atoms with Crippen molar-refractivity contribution < 1.29 is 9.90 Å². The van der Waals surface area contributed by atoms with Crippen LogP contribution < -0.4 is 0 Å². The molecule has 0 radical (unpaired) electrons.